The SMILES string of the molecule is CCN(CC)CCSc1ccc(C(=O)N(C)C)cc1N. The second-order valence-corrected chi connectivity index (χ2v) is 5.96. The third-order valence-corrected chi connectivity index (χ3v) is 4.29. The van der Waals surface area contributed by atoms with Gasteiger partial charge in [0.1, 0.15) is 0 Å². The fourth-order valence-corrected chi connectivity index (χ4v) is 2.85. The summed E-state index contributed by atoms with van der Waals surface area (Å²) in [5, 5.41) is 0. The lowest BCUT2D eigenvalue weighted by Gasteiger charge is -2.17. The number of thioether (sulfide) groups is 1. The number of hydrogen-bond acceptors (Lipinski definition) is 4. The number of hydrogen-bond donors (Lipinski definition) is 1. The van der Waals surface area contributed by atoms with Crippen molar-refractivity contribution in [3.63, 3.8) is 0 Å². The molecular weight excluding hydrogens is 270 g/mol. The second kappa shape index (κ2) is 8.17. The van der Waals surface area contributed by atoms with Gasteiger partial charge in [0.05, 0.1) is 0 Å². The number of nitrogens with two attached hydrogens (primary N) is 1. The Balaban J connectivity index is 2.62. The van der Waals surface area contributed by atoms with Crippen molar-refractivity contribution in [2.75, 3.05) is 45.2 Å². The Kier molecular flexibility index (Phi) is 6.88. The number of benzene rings is 1. The number of nitrogens with zero attached hydrogens (tertiary/aromatic N) is 2. The van der Waals surface area contributed by atoms with Crippen LogP contribution in [0.5, 0.6) is 0 Å². The van der Waals surface area contributed by atoms with Crippen LogP contribution in [0.2, 0.25) is 0 Å². The van der Waals surface area contributed by atoms with Crippen LogP contribution < -0.4 is 5.73 Å². The first-order chi connectivity index (χ1) is 9.49. The van der Waals surface area contributed by atoms with Crippen LogP contribution in [0, 0.1) is 0 Å². The molecule has 1 rings (SSSR count). The number of anilines is 1. The fraction of sp³-hybridized carbons (Fsp3) is 0.533. The third-order valence-electron chi connectivity index (χ3n) is 3.22. The van der Waals surface area contributed by atoms with E-state index in [-0.39, 0.29) is 5.91 Å². The number of rotatable bonds is 7. The molecule has 0 atom stereocenters. The largest absolute Gasteiger partial charge is 0.398 e. The number of nitrogen functional groups attached to an aromatic ring is 1. The molecule has 20 heavy (non-hydrogen) atoms. The van der Waals surface area contributed by atoms with Gasteiger partial charge < -0.3 is 15.5 Å². The van der Waals surface area contributed by atoms with Gasteiger partial charge >= 0.3 is 0 Å². The van der Waals surface area contributed by atoms with E-state index in [9.17, 15) is 4.79 Å². The van der Waals surface area contributed by atoms with E-state index in [2.05, 4.69) is 18.7 Å². The fourth-order valence-electron chi connectivity index (χ4n) is 1.90. The standard InChI is InChI=1S/C15H25N3OS/c1-5-18(6-2)9-10-20-14-8-7-12(11-13(14)16)15(19)17(3)4/h7-8,11H,5-6,9-10,16H2,1-4H3. The van der Waals surface area contributed by atoms with Crippen LogP contribution in [0.1, 0.15) is 24.2 Å². The Morgan fingerprint density at radius 2 is 1.90 bits per heavy atom. The Morgan fingerprint density at radius 3 is 2.40 bits per heavy atom. The lowest BCUT2D eigenvalue weighted by molar-refractivity contribution is 0.0827. The first-order valence-corrected chi connectivity index (χ1v) is 7.94. The van der Waals surface area contributed by atoms with Crippen molar-refractivity contribution in [3.8, 4) is 0 Å². The van der Waals surface area contributed by atoms with Crippen LogP contribution in [-0.2, 0) is 0 Å². The van der Waals surface area contributed by atoms with E-state index in [0.29, 0.717) is 11.3 Å². The van der Waals surface area contributed by atoms with E-state index in [1.165, 1.54) is 0 Å². The third kappa shape index (κ3) is 4.72. The second-order valence-electron chi connectivity index (χ2n) is 4.83. The molecule has 1 aromatic rings. The van der Waals surface area contributed by atoms with E-state index in [1.807, 2.05) is 12.1 Å². The molecule has 1 amide bonds. The highest BCUT2D eigenvalue weighted by molar-refractivity contribution is 7.99. The maximum absolute atomic E-state index is 11.8. The summed E-state index contributed by atoms with van der Waals surface area (Å²) in [5.74, 6) is 0.990. The van der Waals surface area contributed by atoms with E-state index in [4.69, 9.17) is 5.73 Å². The van der Waals surface area contributed by atoms with Crippen molar-refractivity contribution in [2.24, 2.45) is 0 Å². The molecule has 0 aromatic heterocycles. The molecule has 0 saturated carbocycles. The summed E-state index contributed by atoms with van der Waals surface area (Å²) in [5.41, 5.74) is 7.36. The van der Waals surface area contributed by atoms with E-state index < -0.39 is 0 Å². The summed E-state index contributed by atoms with van der Waals surface area (Å²) < 4.78 is 0. The monoisotopic (exact) mass is 295 g/mol. The van der Waals surface area contributed by atoms with Crippen LogP contribution in [-0.4, -0.2) is 55.2 Å². The number of carbonyl (C=O) groups excluding carboxylic acids is 1. The Hall–Kier alpha value is -1.20. The lowest BCUT2D eigenvalue weighted by atomic mass is 10.2. The molecule has 0 aliphatic carbocycles. The molecule has 0 aliphatic rings. The van der Waals surface area contributed by atoms with Gasteiger partial charge in [-0.15, -0.1) is 11.8 Å². The van der Waals surface area contributed by atoms with Crippen molar-refractivity contribution < 1.29 is 4.79 Å². The van der Waals surface area contributed by atoms with Gasteiger partial charge in [-0.05, 0) is 31.3 Å². The van der Waals surface area contributed by atoms with Crippen molar-refractivity contribution in [1.82, 2.24) is 9.80 Å². The van der Waals surface area contributed by atoms with Crippen LogP contribution in [0.15, 0.2) is 23.1 Å². The minimum Gasteiger partial charge on any atom is -0.398 e. The smallest absolute Gasteiger partial charge is 0.253 e. The van der Waals surface area contributed by atoms with Gasteiger partial charge in [-0.2, -0.15) is 0 Å². The van der Waals surface area contributed by atoms with E-state index in [1.54, 1.807) is 36.8 Å². The number of carbonyl (C=O) groups is 1. The lowest BCUT2D eigenvalue weighted by Crippen LogP contribution is -2.25. The van der Waals surface area contributed by atoms with Gasteiger partial charge in [-0.3, -0.25) is 4.79 Å². The van der Waals surface area contributed by atoms with Crippen molar-refractivity contribution >= 4 is 23.4 Å². The van der Waals surface area contributed by atoms with Gasteiger partial charge in [0.2, 0.25) is 0 Å². The maximum Gasteiger partial charge on any atom is 0.253 e. The van der Waals surface area contributed by atoms with Crippen molar-refractivity contribution in [1.29, 1.82) is 0 Å². The molecule has 5 heteroatoms. The molecule has 0 aliphatic heterocycles. The van der Waals surface area contributed by atoms with Crippen molar-refractivity contribution in [3.05, 3.63) is 23.8 Å². The van der Waals surface area contributed by atoms with Gasteiger partial charge in [0.25, 0.3) is 5.91 Å². The van der Waals surface area contributed by atoms with Crippen molar-refractivity contribution in [2.45, 2.75) is 18.7 Å². The van der Waals surface area contributed by atoms with Crippen LogP contribution >= 0.6 is 11.8 Å². The normalized spacial score (nSPS) is 10.8. The molecule has 0 radical (unpaired) electrons. The summed E-state index contributed by atoms with van der Waals surface area (Å²) in [6.07, 6.45) is 0. The minimum absolute atomic E-state index is 0.0172. The zero-order valence-electron chi connectivity index (χ0n) is 12.8. The molecule has 0 fully saturated rings. The summed E-state index contributed by atoms with van der Waals surface area (Å²) in [6, 6.07) is 5.56. The molecule has 0 heterocycles. The zero-order valence-corrected chi connectivity index (χ0v) is 13.7. The highest BCUT2D eigenvalue weighted by Gasteiger charge is 2.10. The highest BCUT2D eigenvalue weighted by atomic mass is 32.2. The van der Waals surface area contributed by atoms with E-state index in [0.717, 1.165) is 30.3 Å². The summed E-state index contributed by atoms with van der Waals surface area (Å²) in [7, 11) is 3.48. The predicted molar refractivity (Wildman–Crippen MR) is 87.4 cm³/mol. The van der Waals surface area contributed by atoms with Crippen LogP contribution in [0.3, 0.4) is 0 Å². The summed E-state index contributed by atoms with van der Waals surface area (Å²) >= 11 is 1.74. The molecule has 0 spiro atoms. The maximum atomic E-state index is 11.8. The minimum atomic E-state index is -0.0172. The molecule has 0 saturated heterocycles. The summed E-state index contributed by atoms with van der Waals surface area (Å²) in [4.78, 5) is 16.8. The molecule has 112 valence electrons. The molecule has 0 unspecified atom stereocenters. The molecule has 4 nitrogen and oxygen atoms in total. The quantitative estimate of drug-likeness (QED) is 0.620. The van der Waals surface area contributed by atoms with Gasteiger partial charge in [0, 0.05) is 42.5 Å². The summed E-state index contributed by atoms with van der Waals surface area (Å²) in [6.45, 7) is 7.54. The Labute approximate surface area is 126 Å². The zero-order chi connectivity index (χ0) is 15.1. The Bertz CT molecular complexity index is 445. The molecule has 2 N–H and O–H groups in total. The van der Waals surface area contributed by atoms with Gasteiger partial charge in [0.15, 0.2) is 0 Å². The molecular formula is C15H25N3OS. The molecule has 0 bridgehead atoms. The van der Waals surface area contributed by atoms with E-state index >= 15 is 0 Å². The number of amides is 1. The highest BCUT2D eigenvalue weighted by Crippen LogP contribution is 2.26. The average Bonchev–Trinajstić information content (AvgIpc) is 2.44. The van der Waals surface area contributed by atoms with Gasteiger partial charge in [-0.25, -0.2) is 0 Å². The van der Waals surface area contributed by atoms with Crippen LogP contribution in [0.25, 0.3) is 0 Å². The average molecular weight is 295 g/mol. The Morgan fingerprint density at radius 1 is 1.25 bits per heavy atom. The topological polar surface area (TPSA) is 49.6 Å². The van der Waals surface area contributed by atoms with Crippen LogP contribution in [0.4, 0.5) is 5.69 Å². The molecule has 1 aromatic carbocycles. The van der Waals surface area contributed by atoms with Gasteiger partial charge in [-0.1, -0.05) is 13.8 Å². The predicted octanol–water partition coefficient (Wildman–Crippen LogP) is 2.40. The first kappa shape index (κ1) is 16.9. The first-order valence-electron chi connectivity index (χ1n) is 6.95.